The number of benzene rings is 2. The van der Waals surface area contributed by atoms with Crippen LogP contribution in [0.4, 0.5) is 0 Å². The molecule has 0 saturated heterocycles. The van der Waals surface area contributed by atoms with Crippen LogP contribution in [0.1, 0.15) is 29.7 Å². The second-order valence-corrected chi connectivity index (χ2v) is 5.97. The monoisotopic (exact) mass is 294 g/mol. The van der Waals surface area contributed by atoms with E-state index in [2.05, 4.69) is 36.4 Å². The van der Waals surface area contributed by atoms with Gasteiger partial charge in [-0.3, -0.25) is 4.79 Å². The van der Waals surface area contributed by atoms with Gasteiger partial charge in [0.2, 0.25) is 5.91 Å². The number of hydrogen-bond acceptors (Lipinski definition) is 2. The Hall–Kier alpha value is -2.13. The Bertz CT molecular complexity index is 651. The number of fused-ring (bicyclic) bond motifs is 1. The van der Waals surface area contributed by atoms with Gasteiger partial charge >= 0.3 is 0 Å². The maximum Gasteiger partial charge on any atom is 0.239 e. The zero-order valence-corrected chi connectivity index (χ0v) is 12.9. The molecule has 0 unspecified atom stereocenters. The number of amides is 1. The molecule has 3 rings (SSSR count). The zero-order valence-electron chi connectivity index (χ0n) is 12.9. The second-order valence-electron chi connectivity index (χ2n) is 5.97. The van der Waals surface area contributed by atoms with Gasteiger partial charge in [0, 0.05) is 6.54 Å². The molecule has 1 amide bonds. The standard InChI is InChI=1S/C19H22N2O/c1-14(20)19(22)21-12-11-16-9-5-6-10-17(16)18(21)13-15-7-3-2-4-8-15/h2-10,14,18H,11-13,20H2,1H3/t14-,18-/m0/s1. The number of carbonyl (C=O) groups is 1. The van der Waals surface area contributed by atoms with Gasteiger partial charge < -0.3 is 10.6 Å². The predicted molar refractivity (Wildman–Crippen MR) is 88.4 cm³/mol. The fraction of sp³-hybridized carbons (Fsp3) is 0.316. The molecule has 2 aromatic carbocycles. The fourth-order valence-corrected chi connectivity index (χ4v) is 3.23. The van der Waals surface area contributed by atoms with Gasteiger partial charge in [-0.15, -0.1) is 0 Å². The minimum absolute atomic E-state index is 0.0374. The van der Waals surface area contributed by atoms with Gasteiger partial charge in [0.25, 0.3) is 0 Å². The third-order valence-corrected chi connectivity index (χ3v) is 4.36. The maximum atomic E-state index is 12.5. The van der Waals surface area contributed by atoms with Crippen molar-refractivity contribution < 1.29 is 4.79 Å². The van der Waals surface area contributed by atoms with Gasteiger partial charge in [0.1, 0.15) is 0 Å². The molecule has 3 nitrogen and oxygen atoms in total. The average molecular weight is 294 g/mol. The van der Waals surface area contributed by atoms with Gasteiger partial charge in [-0.2, -0.15) is 0 Å². The van der Waals surface area contributed by atoms with Gasteiger partial charge in [-0.1, -0.05) is 54.6 Å². The van der Waals surface area contributed by atoms with E-state index in [0.717, 1.165) is 19.4 Å². The van der Waals surface area contributed by atoms with Gasteiger partial charge in [0.05, 0.1) is 12.1 Å². The van der Waals surface area contributed by atoms with Crippen LogP contribution in [0.2, 0.25) is 0 Å². The fourth-order valence-electron chi connectivity index (χ4n) is 3.23. The third-order valence-electron chi connectivity index (χ3n) is 4.36. The van der Waals surface area contributed by atoms with Crippen LogP contribution in [0.5, 0.6) is 0 Å². The Labute approximate surface area is 131 Å². The summed E-state index contributed by atoms with van der Waals surface area (Å²) in [6.45, 7) is 2.51. The highest BCUT2D eigenvalue weighted by molar-refractivity contribution is 5.82. The molecule has 1 aliphatic rings. The topological polar surface area (TPSA) is 46.3 Å². The van der Waals surface area contributed by atoms with E-state index in [1.54, 1.807) is 6.92 Å². The van der Waals surface area contributed by atoms with Gasteiger partial charge in [-0.25, -0.2) is 0 Å². The summed E-state index contributed by atoms with van der Waals surface area (Å²) in [5.74, 6) is 0.0374. The van der Waals surface area contributed by atoms with E-state index >= 15 is 0 Å². The first kappa shape index (κ1) is 14.8. The Balaban J connectivity index is 1.96. The van der Waals surface area contributed by atoms with Crippen LogP contribution in [-0.2, 0) is 17.6 Å². The summed E-state index contributed by atoms with van der Waals surface area (Å²) in [5, 5.41) is 0. The van der Waals surface area contributed by atoms with Crippen molar-refractivity contribution in [3.63, 3.8) is 0 Å². The minimum atomic E-state index is -0.455. The lowest BCUT2D eigenvalue weighted by Crippen LogP contribution is -2.47. The molecule has 0 aromatic heterocycles. The summed E-state index contributed by atoms with van der Waals surface area (Å²) in [7, 11) is 0. The lowest BCUT2D eigenvalue weighted by Gasteiger charge is -2.38. The summed E-state index contributed by atoms with van der Waals surface area (Å²) in [4.78, 5) is 14.5. The molecule has 0 aliphatic carbocycles. The summed E-state index contributed by atoms with van der Waals surface area (Å²) < 4.78 is 0. The first-order chi connectivity index (χ1) is 10.7. The third kappa shape index (κ3) is 2.90. The van der Waals surface area contributed by atoms with E-state index in [0.29, 0.717) is 0 Å². The van der Waals surface area contributed by atoms with Crippen molar-refractivity contribution in [1.82, 2.24) is 4.90 Å². The maximum absolute atomic E-state index is 12.5. The smallest absolute Gasteiger partial charge is 0.239 e. The quantitative estimate of drug-likeness (QED) is 0.946. The first-order valence-electron chi connectivity index (χ1n) is 7.84. The van der Waals surface area contributed by atoms with E-state index in [-0.39, 0.29) is 11.9 Å². The van der Waals surface area contributed by atoms with Crippen molar-refractivity contribution >= 4 is 5.91 Å². The highest BCUT2D eigenvalue weighted by atomic mass is 16.2. The molecular formula is C19H22N2O. The molecule has 114 valence electrons. The molecule has 0 bridgehead atoms. The van der Waals surface area contributed by atoms with E-state index in [1.807, 2.05) is 23.1 Å². The van der Waals surface area contributed by atoms with Crippen LogP contribution in [0.25, 0.3) is 0 Å². The van der Waals surface area contributed by atoms with Crippen molar-refractivity contribution in [3.8, 4) is 0 Å². The lowest BCUT2D eigenvalue weighted by atomic mass is 9.88. The molecule has 2 aromatic rings. The normalized spacial score (nSPS) is 18.6. The minimum Gasteiger partial charge on any atom is -0.334 e. The van der Waals surface area contributed by atoms with Crippen molar-refractivity contribution in [1.29, 1.82) is 0 Å². The number of carbonyl (C=O) groups excluding carboxylic acids is 1. The Morgan fingerprint density at radius 2 is 1.86 bits per heavy atom. The average Bonchev–Trinajstić information content (AvgIpc) is 2.55. The molecule has 1 aliphatic heterocycles. The molecule has 3 heteroatoms. The highest BCUT2D eigenvalue weighted by Gasteiger charge is 2.31. The van der Waals surface area contributed by atoms with E-state index in [9.17, 15) is 4.79 Å². The molecule has 1 heterocycles. The number of nitrogens with two attached hydrogens (primary N) is 1. The summed E-state index contributed by atoms with van der Waals surface area (Å²) in [6.07, 6.45) is 1.73. The summed E-state index contributed by atoms with van der Waals surface area (Å²) in [5.41, 5.74) is 9.69. The lowest BCUT2D eigenvalue weighted by molar-refractivity contribution is -0.135. The molecule has 0 saturated carbocycles. The van der Waals surface area contributed by atoms with Crippen molar-refractivity contribution in [2.75, 3.05) is 6.54 Å². The van der Waals surface area contributed by atoms with E-state index in [4.69, 9.17) is 5.73 Å². The van der Waals surface area contributed by atoms with Crippen molar-refractivity contribution in [2.24, 2.45) is 5.73 Å². The molecule has 0 spiro atoms. The summed E-state index contributed by atoms with van der Waals surface area (Å²) >= 11 is 0. The van der Waals surface area contributed by atoms with Crippen molar-refractivity contribution in [2.45, 2.75) is 31.8 Å². The Morgan fingerprint density at radius 3 is 2.59 bits per heavy atom. The molecule has 22 heavy (non-hydrogen) atoms. The van der Waals surface area contributed by atoms with E-state index < -0.39 is 6.04 Å². The molecule has 0 fully saturated rings. The van der Waals surface area contributed by atoms with Gasteiger partial charge in [-0.05, 0) is 36.5 Å². The van der Waals surface area contributed by atoms with Crippen LogP contribution in [0.3, 0.4) is 0 Å². The molecular weight excluding hydrogens is 272 g/mol. The van der Waals surface area contributed by atoms with Crippen LogP contribution >= 0.6 is 0 Å². The molecule has 2 N–H and O–H groups in total. The van der Waals surface area contributed by atoms with Crippen LogP contribution in [0.15, 0.2) is 54.6 Å². The van der Waals surface area contributed by atoms with Crippen molar-refractivity contribution in [3.05, 3.63) is 71.3 Å². The SMILES string of the molecule is C[C@H](N)C(=O)N1CCc2ccccc2[C@@H]1Cc1ccccc1. The van der Waals surface area contributed by atoms with Crippen LogP contribution in [-0.4, -0.2) is 23.4 Å². The number of rotatable bonds is 3. The Kier molecular flexibility index (Phi) is 4.25. The first-order valence-corrected chi connectivity index (χ1v) is 7.84. The Morgan fingerprint density at radius 1 is 1.18 bits per heavy atom. The highest BCUT2D eigenvalue weighted by Crippen LogP contribution is 2.32. The largest absolute Gasteiger partial charge is 0.334 e. The number of nitrogens with zero attached hydrogens (tertiary/aromatic N) is 1. The number of hydrogen-bond donors (Lipinski definition) is 1. The molecule has 0 radical (unpaired) electrons. The van der Waals surface area contributed by atoms with Gasteiger partial charge in [0.15, 0.2) is 0 Å². The van der Waals surface area contributed by atoms with Crippen LogP contribution in [0, 0.1) is 0 Å². The predicted octanol–water partition coefficient (Wildman–Crippen LogP) is 2.70. The van der Waals surface area contributed by atoms with E-state index in [1.165, 1.54) is 16.7 Å². The summed E-state index contributed by atoms with van der Waals surface area (Å²) in [6, 6.07) is 18.4. The second kappa shape index (κ2) is 6.32. The zero-order chi connectivity index (χ0) is 15.5. The molecule has 2 atom stereocenters. The van der Waals surface area contributed by atoms with Crippen LogP contribution < -0.4 is 5.73 Å².